The standard InChI is InChI=1S/C16H20BrClN2O/c1-4-6-16(10-19,7-5-2)15(21)20-14-9-13(18)11(3)8-12(14)17/h8-9H,4-7H2,1-3H3,(H,20,21). The molecule has 5 heteroatoms. The van der Waals surface area contributed by atoms with Crippen LogP contribution in [0.25, 0.3) is 0 Å². The van der Waals surface area contributed by atoms with Crippen LogP contribution in [0.15, 0.2) is 16.6 Å². The van der Waals surface area contributed by atoms with Crippen molar-refractivity contribution < 1.29 is 4.79 Å². The lowest BCUT2D eigenvalue weighted by Gasteiger charge is -2.25. The van der Waals surface area contributed by atoms with E-state index in [1.165, 1.54) is 0 Å². The Kier molecular flexibility index (Phi) is 6.70. The summed E-state index contributed by atoms with van der Waals surface area (Å²) in [5.41, 5.74) is 0.554. The van der Waals surface area contributed by atoms with E-state index in [0.717, 1.165) is 22.9 Å². The summed E-state index contributed by atoms with van der Waals surface area (Å²) in [6.45, 7) is 5.85. The van der Waals surface area contributed by atoms with Crippen molar-refractivity contribution in [3.8, 4) is 6.07 Å². The molecule has 0 saturated heterocycles. The van der Waals surface area contributed by atoms with Gasteiger partial charge in [-0.25, -0.2) is 0 Å². The van der Waals surface area contributed by atoms with Gasteiger partial charge in [-0.1, -0.05) is 38.3 Å². The van der Waals surface area contributed by atoms with Gasteiger partial charge in [0.1, 0.15) is 5.41 Å². The summed E-state index contributed by atoms with van der Waals surface area (Å²) in [5.74, 6) is -0.255. The van der Waals surface area contributed by atoms with Gasteiger partial charge in [-0.05, 0) is 53.4 Å². The average Bonchev–Trinajstić information content (AvgIpc) is 2.44. The molecule has 0 saturated carbocycles. The Labute approximate surface area is 139 Å². The number of nitrogens with zero attached hydrogens (tertiary/aromatic N) is 1. The van der Waals surface area contributed by atoms with Gasteiger partial charge in [-0.15, -0.1) is 0 Å². The first-order valence-electron chi connectivity index (χ1n) is 7.08. The topological polar surface area (TPSA) is 52.9 Å². The fourth-order valence-electron chi connectivity index (χ4n) is 2.35. The second-order valence-corrected chi connectivity index (χ2v) is 6.49. The van der Waals surface area contributed by atoms with Gasteiger partial charge in [0.2, 0.25) is 5.91 Å². The SMILES string of the molecule is CCCC(C#N)(CCC)C(=O)Nc1cc(Cl)c(C)cc1Br. The predicted molar refractivity (Wildman–Crippen MR) is 90.4 cm³/mol. The van der Waals surface area contributed by atoms with Crippen molar-refractivity contribution in [1.82, 2.24) is 0 Å². The van der Waals surface area contributed by atoms with Gasteiger partial charge >= 0.3 is 0 Å². The van der Waals surface area contributed by atoms with E-state index in [2.05, 4.69) is 27.3 Å². The van der Waals surface area contributed by atoms with E-state index in [4.69, 9.17) is 11.6 Å². The molecular formula is C16H20BrClN2O. The van der Waals surface area contributed by atoms with Crippen molar-refractivity contribution >= 4 is 39.1 Å². The van der Waals surface area contributed by atoms with Crippen LogP contribution in [-0.2, 0) is 4.79 Å². The Morgan fingerprint density at radius 2 is 1.95 bits per heavy atom. The van der Waals surface area contributed by atoms with Crippen LogP contribution in [0.2, 0.25) is 5.02 Å². The van der Waals surface area contributed by atoms with E-state index >= 15 is 0 Å². The minimum Gasteiger partial charge on any atom is -0.324 e. The van der Waals surface area contributed by atoms with Crippen molar-refractivity contribution in [2.24, 2.45) is 5.41 Å². The monoisotopic (exact) mass is 370 g/mol. The number of rotatable bonds is 6. The van der Waals surface area contributed by atoms with Crippen molar-refractivity contribution in [3.05, 3.63) is 27.2 Å². The molecular weight excluding hydrogens is 352 g/mol. The zero-order chi connectivity index (χ0) is 16.0. The third-order valence-corrected chi connectivity index (χ3v) is 4.56. The molecule has 0 fully saturated rings. The van der Waals surface area contributed by atoms with E-state index in [0.29, 0.717) is 23.6 Å². The maximum Gasteiger partial charge on any atom is 0.244 e. The van der Waals surface area contributed by atoms with Crippen LogP contribution in [0.3, 0.4) is 0 Å². The minimum atomic E-state index is -0.972. The molecule has 114 valence electrons. The number of hydrogen-bond acceptors (Lipinski definition) is 2. The largest absolute Gasteiger partial charge is 0.324 e. The third-order valence-electron chi connectivity index (χ3n) is 3.50. The summed E-state index contributed by atoms with van der Waals surface area (Å²) in [6, 6.07) is 5.78. The molecule has 21 heavy (non-hydrogen) atoms. The Hall–Kier alpha value is -1.05. The molecule has 1 aromatic carbocycles. The number of hydrogen-bond donors (Lipinski definition) is 1. The molecule has 1 rings (SSSR count). The maximum absolute atomic E-state index is 12.6. The van der Waals surface area contributed by atoms with Gasteiger partial charge in [-0.3, -0.25) is 4.79 Å². The molecule has 0 aliphatic heterocycles. The zero-order valence-corrected chi connectivity index (χ0v) is 14.9. The number of halogens is 2. The summed E-state index contributed by atoms with van der Waals surface area (Å²) < 4.78 is 0.762. The predicted octanol–water partition coefficient (Wildman–Crippen LogP) is 5.46. The van der Waals surface area contributed by atoms with E-state index < -0.39 is 5.41 Å². The zero-order valence-electron chi connectivity index (χ0n) is 12.6. The quantitative estimate of drug-likeness (QED) is 0.722. The molecule has 0 aromatic heterocycles. The normalized spacial score (nSPS) is 11.0. The molecule has 3 nitrogen and oxygen atoms in total. The van der Waals surface area contributed by atoms with E-state index in [1.807, 2.05) is 26.8 Å². The van der Waals surface area contributed by atoms with Gasteiger partial charge in [0.05, 0.1) is 11.8 Å². The van der Waals surface area contributed by atoms with Crippen LogP contribution in [0, 0.1) is 23.7 Å². The van der Waals surface area contributed by atoms with Crippen LogP contribution < -0.4 is 5.32 Å². The second kappa shape index (κ2) is 7.82. The van der Waals surface area contributed by atoms with Crippen LogP contribution in [0.1, 0.15) is 45.1 Å². The highest BCUT2D eigenvalue weighted by molar-refractivity contribution is 9.10. The van der Waals surface area contributed by atoms with Crippen molar-refractivity contribution in [2.45, 2.75) is 46.5 Å². The first-order chi connectivity index (χ1) is 9.90. The molecule has 0 bridgehead atoms. The number of nitrogens with one attached hydrogen (secondary N) is 1. The van der Waals surface area contributed by atoms with Crippen LogP contribution in [0.4, 0.5) is 5.69 Å². The van der Waals surface area contributed by atoms with E-state index in [1.54, 1.807) is 6.07 Å². The molecule has 0 atom stereocenters. The number of carbonyl (C=O) groups is 1. The molecule has 0 spiro atoms. The molecule has 0 unspecified atom stereocenters. The van der Waals surface area contributed by atoms with E-state index in [9.17, 15) is 10.1 Å². The second-order valence-electron chi connectivity index (χ2n) is 5.23. The van der Waals surface area contributed by atoms with Gasteiger partial charge in [-0.2, -0.15) is 5.26 Å². The van der Waals surface area contributed by atoms with E-state index in [-0.39, 0.29) is 5.91 Å². The fraction of sp³-hybridized carbons (Fsp3) is 0.500. The summed E-state index contributed by atoms with van der Waals surface area (Å²) >= 11 is 9.52. The maximum atomic E-state index is 12.6. The summed E-state index contributed by atoms with van der Waals surface area (Å²) in [4.78, 5) is 12.6. The highest BCUT2D eigenvalue weighted by atomic mass is 79.9. The lowest BCUT2D eigenvalue weighted by atomic mass is 9.79. The summed E-state index contributed by atoms with van der Waals surface area (Å²) in [6.07, 6.45) is 2.69. The van der Waals surface area contributed by atoms with Crippen LogP contribution in [0.5, 0.6) is 0 Å². The molecule has 0 aliphatic carbocycles. The van der Waals surface area contributed by atoms with Gasteiger partial charge in [0, 0.05) is 9.50 Å². The molecule has 1 N–H and O–H groups in total. The molecule has 1 aromatic rings. The number of amides is 1. The Balaban J connectivity index is 3.08. The first-order valence-corrected chi connectivity index (χ1v) is 8.25. The fourth-order valence-corrected chi connectivity index (χ4v) is 3.07. The van der Waals surface area contributed by atoms with Crippen molar-refractivity contribution in [3.63, 3.8) is 0 Å². The molecule has 0 heterocycles. The highest BCUT2D eigenvalue weighted by Crippen LogP contribution is 2.34. The Morgan fingerprint density at radius 3 is 2.43 bits per heavy atom. The third kappa shape index (κ3) is 4.21. The highest BCUT2D eigenvalue weighted by Gasteiger charge is 2.37. The lowest BCUT2D eigenvalue weighted by molar-refractivity contribution is -0.123. The minimum absolute atomic E-state index is 0.255. The summed E-state index contributed by atoms with van der Waals surface area (Å²) in [5, 5.41) is 12.9. The number of nitriles is 1. The number of carbonyl (C=O) groups excluding carboxylic acids is 1. The van der Waals surface area contributed by atoms with Gasteiger partial charge in [0.15, 0.2) is 0 Å². The molecule has 0 radical (unpaired) electrons. The van der Waals surface area contributed by atoms with Crippen molar-refractivity contribution in [2.75, 3.05) is 5.32 Å². The smallest absolute Gasteiger partial charge is 0.244 e. The molecule has 1 amide bonds. The number of aryl methyl sites for hydroxylation is 1. The summed E-state index contributed by atoms with van der Waals surface area (Å²) in [7, 11) is 0. The number of anilines is 1. The lowest BCUT2D eigenvalue weighted by Crippen LogP contribution is -2.35. The average molecular weight is 372 g/mol. The van der Waals surface area contributed by atoms with Gasteiger partial charge in [0.25, 0.3) is 0 Å². The Morgan fingerprint density at radius 1 is 1.38 bits per heavy atom. The first kappa shape index (κ1) is 18.0. The molecule has 0 aliphatic rings. The van der Waals surface area contributed by atoms with Crippen LogP contribution in [-0.4, -0.2) is 5.91 Å². The Bertz CT molecular complexity index is 560. The van der Waals surface area contributed by atoms with Crippen LogP contribution >= 0.6 is 27.5 Å². The number of benzene rings is 1. The van der Waals surface area contributed by atoms with Gasteiger partial charge < -0.3 is 5.32 Å². The van der Waals surface area contributed by atoms with Crippen molar-refractivity contribution in [1.29, 1.82) is 5.26 Å².